The molecule has 0 saturated heterocycles. The van der Waals surface area contributed by atoms with Gasteiger partial charge in [0.05, 0.1) is 12.3 Å². The topological polar surface area (TPSA) is 50.7 Å². The lowest BCUT2D eigenvalue weighted by Gasteiger charge is -2.08. The molecule has 1 aliphatic rings. The molecule has 2 rings (SSSR count). The highest BCUT2D eigenvalue weighted by Gasteiger charge is 2.21. The van der Waals surface area contributed by atoms with Crippen molar-refractivity contribution in [2.45, 2.75) is 32.8 Å². The number of allylic oxidation sites excluding steroid dienone is 1. The van der Waals surface area contributed by atoms with Crippen molar-refractivity contribution in [2.24, 2.45) is 11.1 Å². The standard InChI is InChI=1S/C17H21FN2O2/c1-12(2)3-8-17(21)19-11-16-10-15(20-22-16)9-13-4-6-14(18)7-5-13/h3-8,12,16H,9-11H2,1-2H3,(H,19,21)/b8-3+/t16-/m0/s1. The van der Waals surface area contributed by atoms with Crippen LogP contribution in [0.3, 0.4) is 0 Å². The van der Waals surface area contributed by atoms with E-state index in [0.29, 0.717) is 25.3 Å². The smallest absolute Gasteiger partial charge is 0.243 e. The van der Waals surface area contributed by atoms with Crippen molar-refractivity contribution in [3.05, 3.63) is 47.8 Å². The minimum absolute atomic E-state index is 0.121. The average Bonchev–Trinajstić information content (AvgIpc) is 2.93. The number of halogens is 1. The molecule has 1 aliphatic heterocycles. The molecule has 0 radical (unpaired) electrons. The molecule has 4 nitrogen and oxygen atoms in total. The fourth-order valence-electron chi connectivity index (χ4n) is 2.09. The van der Waals surface area contributed by atoms with Crippen molar-refractivity contribution in [3.63, 3.8) is 0 Å². The molecular formula is C17H21FN2O2. The van der Waals surface area contributed by atoms with Gasteiger partial charge in [0.15, 0.2) is 0 Å². The van der Waals surface area contributed by atoms with Gasteiger partial charge < -0.3 is 10.2 Å². The number of carbonyl (C=O) groups is 1. The number of carbonyl (C=O) groups excluding carboxylic acids is 1. The van der Waals surface area contributed by atoms with Gasteiger partial charge in [-0.3, -0.25) is 4.79 Å². The molecule has 22 heavy (non-hydrogen) atoms. The van der Waals surface area contributed by atoms with Crippen molar-refractivity contribution in [3.8, 4) is 0 Å². The van der Waals surface area contributed by atoms with Crippen LogP contribution in [0.25, 0.3) is 0 Å². The molecule has 1 amide bonds. The second kappa shape index (κ2) is 7.73. The Hall–Kier alpha value is -2.17. The minimum Gasteiger partial charge on any atom is -0.390 e. The molecule has 0 fully saturated rings. The van der Waals surface area contributed by atoms with Gasteiger partial charge in [0.1, 0.15) is 11.9 Å². The molecule has 0 saturated carbocycles. The third-order valence-electron chi connectivity index (χ3n) is 3.25. The van der Waals surface area contributed by atoms with E-state index in [4.69, 9.17) is 4.84 Å². The number of hydrogen-bond donors (Lipinski definition) is 1. The highest BCUT2D eigenvalue weighted by atomic mass is 19.1. The fourth-order valence-corrected chi connectivity index (χ4v) is 2.09. The van der Waals surface area contributed by atoms with Gasteiger partial charge in [-0.1, -0.05) is 37.2 Å². The Labute approximate surface area is 130 Å². The molecule has 1 aromatic rings. The predicted octanol–water partition coefficient (Wildman–Crippen LogP) is 2.84. The highest BCUT2D eigenvalue weighted by Crippen LogP contribution is 2.14. The Kier molecular flexibility index (Phi) is 5.69. The van der Waals surface area contributed by atoms with Gasteiger partial charge >= 0.3 is 0 Å². The zero-order valence-electron chi connectivity index (χ0n) is 12.9. The van der Waals surface area contributed by atoms with Crippen LogP contribution in [0, 0.1) is 11.7 Å². The number of rotatable bonds is 6. The van der Waals surface area contributed by atoms with E-state index >= 15 is 0 Å². The van der Waals surface area contributed by atoms with Crippen LogP contribution < -0.4 is 5.32 Å². The Balaban J connectivity index is 1.73. The second-order valence-corrected chi connectivity index (χ2v) is 5.74. The normalized spacial score (nSPS) is 17.6. The van der Waals surface area contributed by atoms with Crippen LogP contribution in [0.4, 0.5) is 4.39 Å². The summed E-state index contributed by atoms with van der Waals surface area (Å²) in [6, 6.07) is 6.35. The van der Waals surface area contributed by atoms with E-state index in [2.05, 4.69) is 10.5 Å². The summed E-state index contributed by atoms with van der Waals surface area (Å²) in [5.74, 6) is -0.0215. The summed E-state index contributed by atoms with van der Waals surface area (Å²) in [7, 11) is 0. The summed E-state index contributed by atoms with van der Waals surface area (Å²) in [5, 5.41) is 6.84. The van der Waals surface area contributed by atoms with Gasteiger partial charge in [0.2, 0.25) is 5.91 Å². The number of amides is 1. The molecule has 5 heteroatoms. The molecule has 0 aromatic heterocycles. The van der Waals surface area contributed by atoms with Crippen LogP contribution in [-0.2, 0) is 16.1 Å². The van der Waals surface area contributed by atoms with Gasteiger partial charge in [0.25, 0.3) is 0 Å². The van der Waals surface area contributed by atoms with E-state index in [-0.39, 0.29) is 17.8 Å². The van der Waals surface area contributed by atoms with Crippen molar-refractivity contribution in [2.75, 3.05) is 6.54 Å². The summed E-state index contributed by atoms with van der Waals surface area (Å²) < 4.78 is 12.9. The van der Waals surface area contributed by atoms with Gasteiger partial charge in [-0.15, -0.1) is 0 Å². The molecule has 118 valence electrons. The summed E-state index contributed by atoms with van der Waals surface area (Å²) in [6.07, 6.45) is 4.57. The van der Waals surface area contributed by atoms with Crippen molar-refractivity contribution in [1.29, 1.82) is 0 Å². The SMILES string of the molecule is CC(C)/C=C/C(=O)NC[C@@H]1CC(Cc2ccc(F)cc2)=NO1. The summed E-state index contributed by atoms with van der Waals surface area (Å²) in [6.45, 7) is 4.45. The van der Waals surface area contributed by atoms with Gasteiger partial charge in [-0.25, -0.2) is 4.39 Å². The van der Waals surface area contributed by atoms with Crippen molar-refractivity contribution < 1.29 is 14.0 Å². The first-order valence-electron chi connectivity index (χ1n) is 7.45. The van der Waals surface area contributed by atoms with Gasteiger partial charge in [-0.2, -0.15) is 0 Å². The van der Waals surface area contributed by atoms with E-state index in [1.807, 2.05) is 19.9 Å². The summed E-state index contributed by atoms with van der Waals surface area (Å²) in [4.78, 5) is 16.9. The first kappa shape index (κ1) is 16.2. The van der Waals surface area contributed by atoms with Crippen LogP contribution in [0.1, 0.15) is 25.8 Å². The fraction of sp³-hybridized carbons (Fsp3) is 0.412. The molecular weight excluding hydrogens is 283 g/mol. The highest BCUT2D eigenvalue weighted by molar-refractivity contribution is 5.88. The number of oxime groups is 1. The molecule has 0 unspecified atom stereocenters. The van der Waals surface area contributed by atoms with E-state index < -0.39 is 0 Å². The molecule has 0 bridgehead atoms. The molecule has 1 heterocycles. The maximum Gasteiger partial charge on any atom is 0.243 e. The summed E-state index contributed by atoms with van der Waals surface area (Å²) >= 11 is 0. The third-order valence-corrected chi connectivity index (χ3v) is 3.25. The average molecular weight is 304 g/mol. The van der Waals surface area contributed by atoms with Crippen LogP contribution >= 0.6 is 0 Å². The van der Waals surface area contributed by atoms with Crippen LogP contribution in [0.15, 0.2) is 41.6 Å². The number of hydrogen-bond acceptors (Lipinski definition) is 3. The predicted molar refractivity (Wildman–Crippen MR) is 84.0 cm³/mol. The maximum absolute atomic E-state index is 12.9. The molecule has 1 aromatic carbocycles. The lowest BCUT2D eigenvalue weighted by Crippen LogP contribution is -2.31. The zero-order chi connectivity index (χ0) is 15.9. The quantitative estimate of drug-likeness (QED) is 0.822. The molecule has 0 spiro atoms. The van der Waals surface area contributed by atoms with E-state index in [1.54, 1.807) is 18.2 Å². The van der Waals surface area contributed by atoms with E-state index in [0.717, 1.165) is 11.3 Å². The van der Waals surface area contributed by atoms with E-state index in [9.17, 15) is 9.18 Å². The Bertz CT molecular complexity index is 565. The molecule has 1 atom stereocenters. The lowest BCUT2D eigenvalue weighted by molar-refractivity contribution is -0.117. The number of benzene rings is 1. The van der Waals surface area contributed by atoms with Crippen LogP contribution in [-0.4, -0.2) is 24.3 Å². The zero-order valence-corrected chi connectivity index (χ0v) is 12.9. The monoisotopic (exact) mass is 304 g/mol. The van der Waals surface area contributed by atoms with Crippen LogP contribution in [0.2, 0.25) is 0 Å². The van der Waals surface area contributed by atoms with Gasteiger partial charge in [-0.05, 0) is 29.7 Å². The van der Waals surface area contributed by atoms with Crippen LogP contribution in [0.5, 0.6) is 0 Å². The second-order valence-electron chi connectivity index (χ2n) is 5.74. The lowest BCUT2D eigenvalue weighted by atomic mass is 10.0. The maximum atomic E-state index is 12.9. The Morgan fingerprint density at radius 2 is 2.18 bits per heavy atom. The van der Waals surface area contributed by atoms with Crippen molar-refractivity contribution in [1.82, 2.24) is 5.32 Å². The summed E-state index contributed by atoms with van der Waals surface area (Å²) in [5.41, 5.74) is 1.90. The van der Waals surface area contributed by atoms with Crippen molar-refractivity contribution >= 4 is 11.6 Å². The molecule has 0 aliphatic carbocycles. The first-order chi connectivity index (χ1) is 10.5. The Morgan fingerprint density at radius 1 is 1.45 bits per heavy atom. The Morgan fingerprint density at radius 3 is 2.86 bits per heavy atom. The number of nitrogens with zero attached hydrogens (tertiary/aromatic N) is 1. The largest absolute Gasteiger partial charge is 0.390 e. The minimum atomic E-state index is -0.247. The number of nitrogens with one attached hydrogen (secondary N) is 1. The first-order valence-corrected chi connectivity index (χ1v) is 7.45. The van der Waals surface area contributed by atoms with Gasteiger partial charge in [0, 0.05) is 12.8 Å². The molecule has 1 N–H and O–H groups in total. The van der Waals surface area contributed by atoms with E-state index in [1.165, 1.54) is 12.1 Å². The third kappa shape index (κ3) is 5.31.